The Morgan fingerprint density at radius 1 is 1.17 bits per heavy atom. The van der Waals surface area contributed by atoms with Crippen LogP contribution in [0.1, 0.15) is 34.9 Å². The highest BCUT2D eigenvalue weighted by Crippen LogP contribution is 2.29. The standard InChI is InChI=1S/C20H20F3N3O4/c1-12-6-5-7-15(18(26-29-4)19(27)28-3)16(12)11-30-25-13(2)17-10-14(8-9-24-17)20(21,22)23/h5-10H,11H2,1-4H3/b25-13+,26-18+. The molecule has 2 rings (SSSR count). The lowest BCUT2D eigenvalue weighted by molar-refractivity contribution is -0.137. The van der Waals surface area contributed by atoms with Crippen molar-refractivity contribution in [3.8, 4) is 0 Å². The second-order valence-corrected chi connectivity index (χ2v) is 6.09. The molecule has 0 atom stereocenters. The highest BCUT2D eigenvalue weighted by molar-refractivity contribution is 6.43. The van der Waals surface area contributed by atoms with Crippen molar-refractivity contribution in [3.63, 3.8) is 0 Å². The first-order valence-electron chi connectivity index (χ1n) is 8.67. The molecule has 10 heteroatoms. The number of benzene rings is 1. The minimum atomic E-state index is -4.49. The van der Waals surface area contributed by atoms with Crippen LogP contribution in [-0.4, -0.2) is 36.6 Å². The number of rotatable bonds is 7. The molecule has 0 spiro atoms. The normalized spacial score (nSPS) is 12.5. The Kier molecular flexibility index (Phi) is 7.51. The van der Waals surface area contributed by atoms with E-state index < -0.39 is 17.7 Å². The van der Waals surface area contributed by atoms with Gasteiger partial charge in [0.2, 0.25) is 0 Å². The van der Waals surface area contributed by atoms with Crippen molar-refractivity contribution in [1.29, 1.82) is 0 Å². The van der Waals surface area contributed by atoms with Crippen LogP contribution in [0.2, 0.25) is 0 Å². The molecule has 30 heavy (non-hydrogen) atoms. The van der Waals surface area contributed by atoms with E-state index in [1.54, 1.807) is 25.1 Å². The fraction of sp³-hybridized carbons (Fsp3) is 0.300. The lowest BCUT2D eigenvalue weighted by atomic mass is 9.99. The van der Waals surface area contributed by atoms with Crippen molar-refractivity contribution in [2.24, 2.45) is 10.3 Å². The van der Waals surface area contributed by atoms with Crippen molar-refractivity contribution in [1.82, 2.24) is 4.98 Å². The molecule has 0 aliphatic rings. The van der Waals surface area contributed by atoms with Gasteiger partial charge in [-0.3, -0.25) is 4.98 Å². The second-order valence-electron chi connectivity index (χ2n) is 6.09. The molecule has 2 aromatic rings. The third-order valence-electron chi connectivity index (χ3n) is 4.10. The Morgan fingerprint density at radius 2 is 1.90 bits per heavy atom. The first-order valence-corrected chi connectivity index (χ1v) is 8.67. The molecular weight excluding hydrogens is 403 g/mol. The van der Waals surface area contributed by atoms with Gasteiger partial charge in [-0.15, -0.1) is 0 Å². The Hall–Kier alpha value is -3.43. The first-order chi connectivity index (χ1) is 14.2. The highest BCUT2D eigenvalue weighted by atomic mass is 19.4. The molecule has 0 aliphatic heterocycles. The number of ether oxygens (including phenoxy) is 1. The van der Waals surface area contributed by atoms with E-state index in [0.29, 0.717) is 11.1 Å². The fourth-order valence-corrected chi connectivity index (χ4v) is 2.55. The zero-order chi connectivity index (χ0) is 22.3. The van der Waals surface area contributed by atoms with E-state index in [9.17, 15) is 18.0 Å². The molecule has 0 fully saturated rings. The lowest BCUT2D eigenvalue weighted by Crippen LogP contribution is -2.20. The predicted molar refractivity (Wildman–Crippen MR) is 103 cm³/mol. The van der Waals surface area contributed by atoms with Crippen molar-refractivity contribution >= 4 is 17.4 Å². The molecule has 1 aromatic carbocycles. The van der Waals surface area contributed by atoms with Crippen molar-refractivity contribution in [2.45, 2.75) is 26.6 Å². The Balaban J connectivity index is 2.28. The molecule has 7 nitrogen and oxygen atoms in total. The number of hydrogen-bond acceptors (Lipinski definition) is 7. The van der Waals surface area contributed by atoms with E-state index in [4.69, 9.17) is 14.4 Å². The third kappa shape index (κ3) is 5.56. The van der Waals surface area contributed by atoms with Crippen molar-refractivity contribution in [3.05, 3.63) is 64.5 Å². The van der Waals surface area contributed by atoms with Crippen LogP contribution in [-0.2, 0) is 32.0 Å². The Labute approximate surface area is 171 Å². The largest absolute Gasteiger partial charge is 0.464 e. The monoisotopic (exact) mass is 423 g/mol. The number of aromatic nitrogens is 1. The average Bonchev–Trinajstić information content (AvgIpc) is 2.72. The van der Waals surface area contributed by atoms with Gasteiger partial charge in [0.05, 0.1) is 18.4 Å². The van der Waals surface area contributed by atoms with Crippen LogP contribution in [0.3, 0.4) is 0 Å². The van der Waals surface area contributed by atoms with Gasteiger partial charge in [-0.05, 0) is 31.5 Å². The van der Waals surface area contributed by atoms with Gasteiger partial charge < -0.3 is 14.4 Å². The molecular formula is C20H20F3N3O4. The lowest BCUT2D eigenvalue weighted by Gasteiger charge is -2.12. The summed E-state index contributed by atoms with van der Waals surface area (Å²) in [7, 11) is 2.51. The number of alkyl halides is 3. The van der Waals surface area contributed by atoms with Gasteiger partial charge in [0.1, 0.15) is 19.4 Å². The van der Waals surface area contributed by atoms with Gasteiger partial charge >= 0.3 is 12.1 Å². The molecule has 0 N–H and O–H groups in total. The molecule has 0 saturated carbocycles. The second kappa shape index (κ2) is 9.86. The number of halogens is 3. The number of carbonyl (C=O) groups excluding carboxylic acids is 1. The molecule has 0 saturated heterocycles. The number of aryl methyl sites for hydroxylation is 1. The number of methoxy groups -OCH3 is 1. The summed E-state index contributed by atoms with van der Waals surface area (Å²) in [5.74, 6) is -0.698. The molecule has 0 radical (unpaired) electrons. The van der Waals surface area contributed by atoms with Gasteiger partial charge in [0.15, 0.2) is 5.71 Å². The van der Waals surface area contributed by atoms with Gasteiger partial charge in [0.25, 0.3) is 0 Å². The smallest absolute Gasteiger partial charge is 0.416 e. The van der Waals surface area contributed by atoms with Crippen LogP contribution in [0.4, 0.5) is 13.2 Å². The average molecular weight is 423 g/mol. The van der Waals surface area contributed by atoms with E-state index in [2.05, 4.69) is 15.3 Å². The van der Waals surface area contributed by atoms with Crippen LogP contribution in [0.5, 0.6) is 0 Å². The number of nitrogens with zero attached hydrogens (tertiary/aromatic N) is 3. The van der Waals surface area contributed by atoms with Crippen LogP contribution < -0.4 is 0 Å². The molecule has 1 heterocycles. The summed E-state index contributed by atoms with van der Waals surface area (Å²) < 4.78 is 43.3. The summed E-state index contributed by atoms with van der Waals surface area (Å²) in [6.07, 6.45) is -3.43. The predicted octanol–water partition coefficient (Wildman–Crippen LogP) is 3.87. The summed E-state index contributed by atoms with van der Waals surface area (Å²) in [4.78, 5) is 26.0. The zero-order valence-electron chi connectivity index (χ0n) is 16.8. The Bertz CT molecular complexity index is 972. The minimum Gasteiger partial charge on any atom is -0.464 e. The molecule has 0 unspecified atom stereocenters. The number of hydrogen-bond donors (Lipinski definition) is 0. The number of esters is 1. The van der Waals surface area contributed by atoms with Crippen LogP contribution in [0.25, 0.3) is 0 Å². The van der Waals surface area contributed by atoms with E-state index in [-0.39, 0.29) is 23.7 Å². The quantitative estimate of drug-likeness (QED) is 0.384. The fourth-order valence-electron chi connectivity index (χ4n) is 2.55. The molecule has 160 valence electrons. The van der Waals surface area contributed by atoms with E-state index in [1.807, 2.05) is 0 Å². The van der Waals surface area contributed by atoms with Crippen LogP contribution >= 0.6 is 0 Å². The van der Waals surface area contributed by atoms with E-state index in [0.717, 1.165) is 23.9 Å². The van der Waals surface area contributed by atoms with Gasteiger partial charge in [-0.1, -0.05) is 28.5 Å². The maximum atomic E-state index is 12.9. The topological polar surface area (TPSA) is 82.4 Å². The summed E-state index contributed by atoms with van der Waals surface area (Å²) in [6, 6.07) is 6.94. The summed E-state index contributed by atoms with van der Waals surface area (Å²) in [6.45, 7) is 3.21. The highest BCUT2D eigenvalue weighted by Gasteiger charge is 2.31. The summed E-state index contributed by atoms with van der Waals surface area (Å²) in [5, 5.41) is 7.59. The number of oxime groups is 2. The summed E-state index contributed by atoms with van der Waals surface area (Å²) in [5.41, 5.74) is 1.11. The number of pyridine rings is 1. The minimum absolute atomic E-state index is 0.0334. The van der Waals surface area contributed by atoms with E-state index in [1.165, 1.54) is 21.1 Å². The van der Waals surface area contributed by atoms with Crippen LogP contribution in [0.15, 0.2) is 46.8 Å². The maximum Gasteiger partial charge on any atom is 0.416 e. The van der Waals surface area contributed by atoms with Gasteiger partial charge in [-0.25, -0.2) is 4.79 Å². The third-order valence-corrected chi connectivity index (χ3v) is 4.10. The molecule has 1 aromatic heterocycles. The van der Waals surface area contributed by atoms with Gasteiger partial charge in [0, 0.05) is 17.3 Å². The van der Waals surface area contributed by atoms with Crippen molar-refractivity contribution < 1.29 is 32.4 Å². The zero-order valence-corrected chi connectivity index (χ0v) is 16.8. The molecule has 0 amide bonds. The Morgan fingerprint density at radius 3 is 2.53 bits per heavy atom. The molecule has 0 aliphatic carbocycles. The number of carbonyl (C=O) groups is 1. The summed E-state index contributed by atoms with van der Waals surface area (Å²) >= 11 is 0. The maximum absolute atomic E-state index is 12.9. The van der Waals surface area contributed by atoms with E-state index >= 15 is 0 Å². The van der Waals surface area contributed by atoms with Gasteiger partial charge in [-0.2, -0.15) is 13.2 Å². The SMILES string of the molecule is CO/N=C(/C(=O)OC)c1cccc(C)c1CO/N=C(\C)c1cc(C(F)(F)F)ccn1. The van der Waals surface area contributed by atoms with Crippen molar-refractivity contribution in [2.75, 3.05) is 14.2 Å². The first kappa shape index (κ1) is 22.9. The molecule has 0 bridgehead atoms. The van der Waals surface area contributed by atoms with Crippen LogP contribution in [0, 0.1) is 6.92 Å².